The molecule has 0 atom stereocenters. The number of unbranched alkanes of at least 4 members (excludes halogenated alkanes) is 1. The molecule has 0 amide bonds. The summed E-state index contributed by atoms with van der Waals surface area (Å²) in [6, 6.07) is 0. The van der Waals surface area contributed by atoms with Crippen molar-refractivity contribution in [3.8, 4) is 0 Å². The van der Waals surface area contributed by atoms with E-state index in [0.717, 1.165) is 6.42 Å². The SMILES string of the molecule is [CH2-]C(C)(C)C.[CH2-]CCC.[Mg+2]. The van der Waals surface area contributed by atoms with E-state index in [4.69, 9.17) is 0 Å². The average Bonchev–Trinajstić information content (AvgIpc) is 1.61. The molecule has 0 aliphatic carbocycles. The van der Waals surface area contributed by atoms with Crippen LogP contribution in [0.15, 0.2) is 0 Å². The van der Waals surface area contributed by atoms with Crippen molar-refractivity contribution in [2.24, 2.45) is 5.41 Å². The number of rotatable bonds is 1. The Bertz CT molecular complexity index is 35.2. The normalized spacial score (nSPS) is 9.00. The summed E-state index contributed by atoms with van der Waals surface area (Å²) in [5, 5.41) is 0. The van der Waals surface area contributed by atoms with Gasteiger partial charge < -0.3 is 13.8 Å². The third kappa shape index (κ3) is 169. The third-order valence-electron chi connectivity index (χ3n) is 0.354. The molecule has 0 aromatic carbocycles. The zero-order valence-corrected chi connectivity index (χ0v) is 9.45. The molecular weight excluding hydrogens is 132 g/mol. The molecule has 0 aliphatic heterocycles. The fraction of sp³-hybridized carbons (Fsp3) is 0.778. The van der Waals surface area contributed by atoms with Gasteiger partial charge in [-0.3, -0.25) is 0 Å². The van der Waals surface area contributed by atoms with Gasteiger partial charge in [-0.1, -0.05) is 34.1 Å². The Kier molecular flexibility index (Phi) is 16.6. The maximum Gasteiger partial charge on any atom is 2.00 e. The molecule has 0 saturated carbocycles. The number of hydrogen-bond donors (Lipinski definition) is 0. The van der Waals surface area contributed by atoms with Gasteiger partial charge in [-0.25, -0.2) is 0 Å². The van der Waals surface area contributed by atoms with Crippen LogP contribution in [0.4, 0.5) is 0 Å². The smallest absolute Gasteiger partial charge is 0.343 e. The van der Waals surface area contributed by atoms with Crippen molar-refractivity contribution in [2.75, 3.05) is 0 Å². The first-order chi connectivity index (χ1) is 3.91. The Morgan fingerprint density at radius 1 is 1.20 bits per heavy atom. The summed E-state index contributed by atoms with van der Waals surface area (Å²) < 4.78 is 0. The van der Waals surface area contributed by atoms with Crippen LogP contribution >= 0.6 is 0 Å². The van der Waals surface area contributed by atoms with Crippen molar-refractivity contribution in [1.29, 1.82) is 0 Å². The first-order valence-corrected chi connectivity index (χ1v) is 3.56. The van der Waals surface area contributed by atoms with Crippen molar-refractivity contribution < 1.29 is 0 Å². The Hall–Kier alpha value is 0.766. The monoisotopic (exact) mass is 152 g/mol. The molecule has 0 unspecified atom stereocenters. The van der Waals surface area contributed by atoms with Crippen LogP contribution in [0.3, 0.4) is 0 Å². The second-order valence-corrected chi connectivity index (χ2v) is 3.41. The largest absolute Gasteiger partial charge is 2.00 e. The molecule has 1 heteroatoms. The molecule has 0 radical (unpaired) electrons. The van der Waals surface area contributed by atoms with Crippen LogP contribution in [-0.4, -0.2) is 23.1 Å². The van der Waals surface area contributed by atoms with E-state index < -0.39 is 0 Å². The van der Waals surface area contributed by atoms with E-state index in [2.05, 4.69) is 41.5 Å². The van der Waals surface area contributed by atoms with Gasteiger partial charge in [0.1, 0.15) is 0 Å². The van der Waals surface area contributed by atoms with Crippen LogP contribution in [0.25, 0.3) is 0 Å². The Labute approximate surface area is 82.9 Å². The molecule has 0 heterocycles. The summed E-state index contributed by atoms with van der Waals surface area (Å²) in [6.45, 7) is 15.7. The first-order valence-electron chi connectivity index (χ1n) is 3.56. The zero-order chi connectivity index (χ0) is 7.91. The van der Waals surface area contributed by atoms with Gasteiger partial charge in [-0.05, 0) is 0 Å². The Balaban J connectivity index is -0.0000000910. The summed E-state index contributed by atoms with van der Waals surface area (Å²) in [5.41, 5.74) is 0.250. The molecular formula is C9H20Mg. The van der Waals surface area contributed by atoms with Crippen LogP contribution in [-0.2, 0) is 0 Å². The molecule has 0 aromatic rings. The van der Waals surface area contributed by atoms with Gasteiger partial charge in [0.2, 0.25) is 0 Å². The Morgan fingerprint density at radius 2 is 1.30 bits per heavy atom. The van der Waals surface area contributed by atoms with E-state index in [1.165, 1.54) is 6.42 Å². The van der Waals surface area contributed by atoms with Crippen molar-refractivity contribution in [3.63, 3.8) is 0 Å². The molecule has 0 saturated heterocycles. The van der Waals surface area contributed by atoms with Gasteiger partial charge in [-0.15, -0.1) is 0 Å². The van der Waals surface area contributed by atoms with Crippen LogP contribution in [0.2, 0.25) is 0 Å². The first kappa shape index (κ1) is 17.0. The predicted molar refractivity (Wildman–Crippen MR) is 50.8 cm³/mol. The summed E-state index contributed by atoms with van der Waals surface area (Å²) >= 11 is 0. The molecule has 0 rings (SSSR count). The molecule has 0 spiro atoms. The fourth-order valence-corrected chi connectivity index (χ4v) is 0. The third-order valence-corrected chi connectivity index (χ3v) is 0.354. The average molecular weight is 153 g/mol. The van der Waals surface area contributed by atoms with Gasteiger partial charge >= 0.3 is 23.1 Å². The predicted octanol–water partition coefficient (Wildman–Crippen LogP) is 3.11. The molecule has 0 aromatic heterocycles. The van der Waals surface area contributed by atoms with Gasteiger partial charge in [0.25, 0.3) is 0 Å². The second kappa shape index (κ2) is 9.77. The van der Waals surface area contributed by atoms with E-state index in [-0.39, 0.29) is 28.5 Å². The van der Waals surface area contributed by atoms with Gasteiger partial charge in [0.15, 0.2) is 0 Å². The molecule has 10 heavy (non-hydrogen) atoms. The van der Waals surface area contributed by atoms with Gasteiger partial charge in [-0.2, -0.15) is 11.8 Å². The van der Waals surface area contributed by atoms with Crippen LogP contribution in [0, 0.1) is 19.3 Å². The number of hydrogen-bond acceptors (Lipinski definition) is 0. The van der Waals surface area contributed by atoms with E-state index in [1.807, 2.05) is 0 Å². The fourth-order valence-electron chi connectivity index (χ4n) is 0. The minimum atomic E-state index is 0. The van der Waals surface area contributed by atoms with Crippen molar-refractivity contribution in [3.05, 3.63) is 13.8 Å². The molecule has 0 N–H and O–H groups in total. The van der Waals surface area contributed by atoms with E-state index in [1.54, 1.807) is 0 Å². The molecule has 0 aliphatic rings. The van der Waals surface area contributed by atoms with Crippen LogP contribution in [0.1, 0.15) is 40.5 Å². The van der Waals surface area contributed by atoms with E-state index in [9.17, 15) is 0 Å². The quantitative estimate of drug-likeness (QED) is 0.400. The van der Waals surface area contributed by atoms with Crippen molar-refractivity contribution in [2.45, 2.75) is 40.5 Å². The van der Waals surface area contributed by atoms with Crippen molar-refractivity contribution >= 4 is 23.1 Å². The maximum atomic E-state index is 3.77. The van der Waals surface area contributed by atoms with Crippen LogP contribution < -0.4 is 0 Å². The molecule has 0 fully saturated rings. The molecule has 0 nitrogen and oxygen atoms in total. The van der Waals surface area contributed by atoms with Crippen LogP contribution in [0.5, 0.6) is 0 Å². The minimum absolute atomic E-state index is 0. The van der Waals surface area contributed by atoms with E-state index >= 15 is 0 Å². The molecule has 58 valence electrons. The molecule has 0 bridgehead atoms. The summed E-state index contributed by atoms with van der Waals surface area (Å²) in [6.07, 6.45) is 2.28. The zero-order valence-electron chi connectivity index (χ0n) is 8.04. The Morgan fingerprint density at radius 3 is 1.30 bits per heavy atom. The summed E-state index contributed by atoms with van der Waals surface area (Å²) in [4.78, 5) is 0. The van der Waals surface area contributed by atoms with Crippen molar-refractivity contribution in [1.82, 2.24) is 0 Å². The summed E-state index contributed by atoms with van der Waals surface area (Å²) in [7, 11) is 0. The standard InChI is InChI=1S/C5H11.C4H9.Mg/c1-5(2,3)4;1-3-4-2;/h1H2,2-4H3;1,3-4H2,2H3;/q2*-1;+2. The minimum Gasteiger partial charge on any atom is -0.343 e. The summed E-state index contributed by atoms with van der Waals surface area (Å²) in [5.74, 6) is 0. The van der Waals surface area contributed by atoms with Gasteiger partial charge in [0, 0.05) is 0 Å². The van der Waals surface area contributed by atoms with Gasteiger partial charge in [0.05, 0.1) is 0 Å². The topological polar surface area (TPSA) is 0 Å². The van der Waals surface area contributed by atoms with E-state index in [0.29, 0.717) is 0 Å². The maximum absolute atomic E-state index is 3.77. The second-order valence-electron chi connectivity index (χ2n) is 3.41.